The lowest BCUT2D eigenvalue weighted by Crippen LogP contribution is -2.41. The lowest BCUT2D eigenvalue weighted by molar-refractivity contribution is -0.144. The maximum atomic E-state index is 11.1. The van der Waals surface area contributed by atoms with Crippen LogP contribution < -0.4 is 0 Å². The number of carbonyl (C=O) groups is 1. The summed E-state index contributed by atoms with van der Waals surface area (Å²) in [6, 6.07) is 0. The van der Waals surface area contributed by atoms with Crippen molar-refractivity contribution in [3.63, 3.8) is 0 Å². The molecule has 4 nitrogen and oxygen atoms in total. The van der Waals surface area contributed by atoms with E-state index >= 15 is 0 Å². The Bertz CT molecular complexity index is 417. The number of rotatable bonds is 3. The van der Waals surface area contributed by atoms with E-state index in [9.17, 15) is 13.2 Å². The highest BCUT2D eigenvalue weighted by molar-refractivity contribution is 7.93. The van der Waals surface area contributed by atoms with Crippen LogP contribution in [-0.2, 0) is 19.4 Å². The largest absolute Gasteiger partial charge is 0.466 e. The Labute approximate surface area is 96.6 Å². The van der Waals surface area contributed by atoms with Crippen LogP contribution in [0, 0.1) is 11.3 Å². The standard InChI is InChI=1S/C11H18O4S/c1-8(12)15-6-9-5-10(11(9,2)3)7-16(4,13)14/h7,9H,5-6H2,1-4H3. The first-order chi connectivity index (χ1) is 7.13. The minimum atomic E-state index is -3.08. The molecule has 1 unspecified atom stereocenters. The molecule has 0 amide bonds. The fraction of sp³-hybridized carbons (Fsp3) is 0.727. The van der Waals surface area contributed by atoms with Crippen LogP contribution in [0.1, 0.15) is 27.2 Å². The van der Waals surface area contributed by atoms with Gasteiger partial charge in [0.2, 0.25) is 0 Å². The van der Waals surface area contributed by atoms with Gasteiger partial charge in [-0.2, -0.15) is 0 Å². The van der Waals surface area contributed by atoms with Crippen LogP contribution in [-0.4, -0.2) is 27.2 Å². The van der Waals surface area contributed by atoms with Crippen molar-refractivity contribution in [2.45, 2.75) is 27.2 Å². The van der Waals surface area contributed by atoms with E-state index in [4.69, 9.17) is 4.74 Å². The third-order valence-electron chi connectivity index (χ3n) is 3.16. The summed E-state index contributed by atoms with van der Waals surface area (Å²) in [6.45, 7) is 5.69. The van der Waals surface area contributed by atoms with Crippen molar-refractivity contribution >= 4 is 15.8 Å². The number of carbonyl (C=O) groups excluding carboxylic acids is 1. The predicted octanol–water partition coefficient (Wildman–Crippen LogP) is 1.52. The monoisotopic (exact) mass is 246 g/mol. The molecule has 0 aromatic heterocycles. The van der Waals surface area contributed by atoms with Gasteiger partial charge >= 0.3 is 5.97 Å². The van der Waals surface area contributed by atoms with Crippen molar-refractivity contribution < 1.29 is 17.9 Å². The molecule has 1 saturated carbocycles. The van der Waals surface area contributed by atoms with Gasteiger partial charge in [0.05, 0.1) is 6.61 Å². The quantitative estimate of drug-likeness (QED) is 0.708. The smallest absolute Gasteiger partial charge is 0.302 e. The Hall–Kier alpha value is -0.840. The van der Waals surface area contributed by atoms with E-state index in [-0.39, 0.29) is 17.3 Å². The molecule has 0 N–H and O–H groups in total. The minimum absolute atomic E-state index is 0.196. The van der Waals surface area contributed by atoms with Gasteiger partial charge in [0, 0.05) is 24.5 Å². The van der Waals surface area contributed by atoms with Gasteiger partial charge in [0.25, 0.3) is 0 Å². The second kappa shape index (κ2) is 4.20. The van der Waals surface area contributed by atoms with E-state index in [0.717, 1.165) is 5.57 Å². The molecule has 1 fully saturated rings. The molecule has 0 radical (unpaired) electrons. The summed E-state index contributed by atoms with van der Waals surface area (Å²) < 4.78 is 27.2. The van der Waals surface area contributed by atoms with Gasteiger partial charge in [-0.1, -0.05) is 19.4 Å². The van der Waals surface area contributed by atoms with Crippen molar-refractivity contribution in [1.29, 1.82) is 0 Å². The molecule has 0 aromatic carbocycles. The number of hydrogen-bond donors (Lipinski definition) is 0. The molecular weight excluding hydrogens is 228 g/mol. The van der Waals surface area contributed by atoms with E-state index in [1.165, 1.54) is 18.6 Å². The molecule has 92 valence electrons. The number of esters is 1. The predicted molar refractivity (Wildman–Crippen MR) is 61.4 cm³/mol. The first-order valence-electron chi connectivity index (χ1n) is 5.17. The molecule has 0 aromatic rings. The van der Waals surface area contributed by atoms with E-state index in [1.54, 1.807) is 0 Å². The Morgan fingerprint density at radius 1 is 1.56 bits per heavy atom. The highest BCUT2D eigenvalue weighted by Gasteiger charge is 2.44. The van der Waals surface area contributed by atoms with E-state index < -0.39 is 9.84 Å². The Morgan fingerprint density at radius 3 is 2.50 bits per heavy atom. The molecule has 0 saturated heterocycles. The number of ether oxygens (including phenoxy) is 1. The zero-order chi connectivity index (χ0) is 12.6. The van der Waals surface area contributed by atoms with E-state index in [1.807, 2.05) is 13.8 Å². The van der Waals surface area contributed by atoms with Crippen LogP contribution in [0.3, 0.4) is 0 Å². The van der Waals surface area contributed by atoms with Gasteiger partial charge in [0.1, 0.15) is 0 Å². The Kier molecular flexibility index (Phi) is 3.47. The molecule has 5 heteroatoms. The summed E-state index contributed by atoms with van der Waals surface area (Å²) in [5.41, 5.74) is 0.713. The van der Waals surface area contributed by atoms with Gasteiger partial charge in [0.15, 0.2) is 9.84 Å². The fourth-order valence-corrected chi connectivity index (χ4v) is 2.78. The second-order valence-corrected chi connectivity index (χ2v) is 6.79. The Morgan fingerprint density at radius 2 is 2.12 bits per heavy atom. The van der Waals surface area contributed by atoms with Crippen molar-refractivity contribution in [2.75, 3.05) is 12.9 Å². The first kappa shape index (κ1) is 13.2. The van der Waals surface area contributed by atoms with Gasteiger partial charge in [-0.15, -0.1) is 0 Å². The SMILES string of the molecule is CC(=O)OCC1CC(=CS(C)(=O)=O)C1(C)C. The fourth-order valence-electron chi connectivity index (χ4n) is 1.86. The summed E-state index contributed by atoms with van der Waals surface area (Å²) >= 11 is 0. The summed E-state index contributed by atoms with van der Waals surface area (Å²) in [4.78, 5) is 10.7. The third kappa shape index (κ3) is 3.07. The molecule has 16 heavy (non-hydrogen) atoms. The highest BCUT2D eigenvalue weighted by atomic mass is 32.2. The van der Waals surface area contributed by atoms with Gasteiger partial charge in [-0.05, 0) is 11.8 Å². The lowest BCUT2D eigenvalue weighted by atomic mass is 9.59. The van der Waals surface area contributed by atoms with Gasteiger partial charge < -0.3 is 4.74 Å². The average molecular weight is 246 g/mol. The molecule has 0 spiro atoms. The van der Waals surface area contributed by atoms with Crippen molar-refractivity contribution in [1.82, 2.24) is 0 Å². The summed E-state index contributed by atoms with van der Waals surface area (Å²) in [7, 11) is -3.08. The zero-order valence-electron chi connectivity index (χ0n) is 10.1. The average Bonchev–Trinajstić information content (AvgIpc) is 2.07. The van der Waals surface area contributed by atoms with Crippen LogP contribution in [0.25, 0.3) is 0 Å². The van der Waals surface area contributed by atoms with E-state index in [0.29, 0.717) is 13.0 Å². The Balaban J connectivity index is 2.67. The van der Waals surface area contributed by atoms with Gasteiger partial charge in [-0.3, -0.25) is 4.79 Å². The number of allylic oxidation sites excluding steroid dienone is 1. The zero-order valence-corrected chi connectivity index (χ0v) is 10.9. The van der Waals surface area contributed by atoms with Crippen LogP contribution in [0.2, 0.25) is 0 Å². The number of hydrogen-bond acceptors (Lipinski definition) is 4. The molecule has 0 aliphatic heterocycles. The normalized spacial score (nSPS) is 26.2. The highest BCUT2D eigenvalue weighted by Crippen LogP contribution is 2.51. The van der Waals surface area contributed by atoms with Crippen LogP contribution in [0.5, 0.6) is 0 Å². The van der Waals surface area contributed by atoms with Crippen LogP contribution in [0.4, 0.5) is 0 Å². The second-order valence-electron chi connectivity index (χ2n) is 4.90. The summed E-state index contributed by atoms with van der Waals surface area (Å²) in [5, 5.41) is 1.33. The minimum Gasteiger partial charge on any atom is -0.466 e. The maximum absolute atomic E-state index is 11.1. The first-order valence-corrected chi connectivity index (χ1v) is 7.13. The topological polar surface area (TPSA) is 60.4 Å². The van der Waals surface area contributed by atoms with Crippen LogP contribution in [0.15, 0.2) is 11.0 Å². The number of sulfone groups is 1. The molecule has 1 aliphatic carbocycles. The van der Waals surface area contributed by atoms with Crippen molar-refractivity contribution in [3.8, 4) is 0 Å². The molecular formula is C11H18O4S. The molecule has 1 aliphatic rings. The summed E-state index contributed by atoms with van der Waals surface area (Å²) in [5.74, 6) is -0.0826. The maximum Gasteiger partial charge on any atom is 0.302 e. The van der Waals surface area contributed by atoms with Crippen molar-refractivity contribution in [2.24, 2.45) is 11.3 Å². The third-order valence-corrected chi connectivity index (χ3v) is 3.87. The molecule has 1 rings (SSSR count). The molecule has 0 heterocycles. The van der Waals surface area contributed by atoms with Crippen molar-refractivity contribution in [3.05, 3.63) is 11.0 Å². The summed E-state index contributed by atoms with van der Waals surface area (Å²) in [6.07, 6.45) is 1.88. The van der Waals surface area contributed by atoms with E-state index in [2.05, 4.69) is 0 Å². The van der Waals surface area contributed by atoms with Crippen LogP contribution >= 0.6 is 0 Å². The molecule has 0 bridgehead atoms. The molecule has 1 atom stereocenters. The van der Waals surface area contributed by atoms with Gasteiger partial charge in [-0.25, -0.2) is 8.42 Å². The lowest BCUT2D eigenvalue weighted by Gasteiger charge is -2.46.